The van der Waals surface area contributed by atoms with Gasteiger partial charge < -0.3 is 5.32 Å². The van der Waals surface area contributed by atoms with Crippen LogP contribution in [0.15, 0.2) is 30.3 Å². The van der Waals surface area contributed by atoms with Crippen molar-refractivity contribution in [2.45, 2.75) is 0 Å². The Labute approximate surface area is 82.9 Å². The number of hydrazine groups is 1. The average molecular weight is 194 g/mol. The first-order valence-electron chi connectivity index (χ1n) is 3.94. The van der Waals surface area contributed by atoms with Gasteiger partial charge in [-0.2, -0.15) is 0 Å². The minimum atomic E-state index is 0.562. The van der Waals surface area contributed by atoms with Gasteiger partial charge in [0.1, 0.15) is 0 Å². The first-order chi connectivity index (χ1) is 6.33. The topological polar surface area (TPSA) is 38.0 Å². The van der Waals surface area contributed by atoms with Gasteiger partial charge in [-0.1, -0.05) is 18.2 Å². The summed E-state index contributed by atoms with van der Waals surface area (Å²) in [5, 5.41) is 6.22. The molecule has 0 aliphatic rings. The fourth-order valence-electron chi connectivity index (χ4n) is 0.797. The van der Waals surface area contributed by atoms with Crippen molar-refractivity contribution >= 4 is 23.5 Å². The Morgan fingerprint density at radius 2 is 2.08 bits per heavy atom. The number of hydrazone groups is 1. The van der Waals surface area contributed by atoms with Crippen LogP contribution >= 0.6 is 12.2 Å². The van der Waals surface area contributed by atoms with Crippen LogP contribution in [0.25, 0.3) is 0 Å². The van der Waals surface area contributed by atoms with Crippen LogP contribution in [-0.4, -0.2) is 18.4 Å². The Morgan fingerprint density at radius 1 is 1.38 bits per heavy atom. The van der Waals surface area contributed by atoms with Crippen LogP contribution in [0.4, 0.5) is 0 Å². The Balaban J connectivity index is 2.45. The summed E-state index contributed by atoms with van der Waals surface area (Å²) in [5.41, 5.74) is 3.89. The number of hydrogen-bond acceptors (Lipinski definition) is 1. The molecule has 1 aromatic rings. The van der Waals surface area contributed by atoms with Crippen molar-refractivity contribution in [2.75, 3.05) is 7.05 Å². The van der Waals surface area contributed by atoms with Gasteiger partial charge in [0.2, 0.25) is 5.11 Å². The second-order valence-electron chi connectivity index (χ2n) is 2.40. The van der Waals surface area contributed by atoms with Crippen molar-refractivity contribution in [1.82, 2.24) is 10.7 Å². The Morgan fingerprint density at radius 3 is 2.69 bits per heavy atom. The number of rotatable bonds is 2. The lowest BCUT2D eigenvalue weighted by Gasteiger charge is -1.93. The maximum atomic E-state index is 4.87. The second-order valence-corrected chi connectivity index (χ2v) is 2.81. The summed E-state index contributed by atoms with van der Waals surface area (Å²) in [6.45, 7) is 0. The largest absolute Gasteiger partial charge is 0.361 e. The highest BCUT2D eigenvalue weighted by Gasteiger charge is 1.90. The van der Waals surface area contributed by atoms with E-state index in [1.807, 2.05) is 36.5 Å². The molecule has 1 aromatic carbocycles. The molecule has 0 spiro atoms. The van der Waals surface area contributed by atoms with Crippen molar-refractivity contribution in [2.24, 2.45) is 0 Å². The summed E-state index contributed by atoms with van der Waals surface area (Å²) >= 11 is 4.87. The third-order valence-corrected chi connectivity index (χ3v) is 1.76. The number of hydrogen-bond donors (Lipinski definition) is 3. The predicted octanol–water partition coefficient (Wildman–Crippen LogP) is -0.805. The summed E-state index contributed by atoms with van der Waals surface area (Å²) in [6.07, 6.45) is 1.84. The lowest BCUT2D eigenvalue weighted by Crippen LogP contribution is -2.82. The van der Waals surface area contributed by atoms with Crippen LogP contribution in [0.3, 0.4) is 0 Å². The van der Waals surface area contributed by atoms with E-state index >= 15 is 0 Å². The standard InChI is InChI=1S/C9H11N3S/c1-10-9(13)12-11-7-8-5-3-2-4-6-8/h2-7H,1H3,(H2,10,12,13)/p+1. The van der Waals surface area contributed by atoms with Crippen molar-refractivity contribution in [3.63, 3.8) is 0 Å². The summed E-state index contributed by atoms with van der Waals surface area (Å²) in [6, 6.07) is 9.92. The average Bonchev–Trinajstić information content (AvgIpc) is 2.19. The molecule has 1 rings (SSSR count). The maximum absolute atomic E-state index is 4.87. The molecule has 0 amide bonds. The zero-order valence-corrected chi connectivity index (χ0v) is 8.19. The first-order valence-corrected chi connectivity index (χ1v) is 4.35. The Kier molecular flexibility index (Phi) is 3.92. The molecule has 68 valence electrons. The van der Waals surface area contributed by atoms with E-state index in [2.05, 4.69) is 15.8 Å². The highest BCUT2D eigenvalue weighted by atomic mass is 32.1. The van der Waals surface area contributed by atoms with Crippen molar-refractivity contribution < 1.29 is 5.10 Å². The van der Waals surface area contributed by atoms with E-state index in [0.29, 0.717) is 5.11 Å². The molecular weight excluding hydrogens is 182 g/mol. The van der Waals surface area contributed by atoms with Crippen LogP contribution in [0, 0.1) is 0 Å². The number of nitrogens with one attached hydrogen (secondary N) is 3. The lowest BCUT2D eigenvalue weighted by atomic mass is 10.2. The van der Waals surface area contributed by atoms with Crippen LogP contribution in [0.5, 0.6) is 0 Å². The van der Waals surface area contributed by atoms with E-state index in [-0.39, 0.29) is 0 Å². The molecule has 0 radical (unpaired) electrons. The minimum Gasteiger partial charge on any atom is -0.361 e. The van der Waals surface area contributed by atoms with Crippen molar-refractivity contribution in [3.05, 3.63) is 35.9 Å². The molecule has 0 saturated carbocycles. The first kappa shape index (κ1) is 9.67. The van der Waals surface area contributed by atoms with Gasteiger partial charge in [-0.05, 0) is 24.4 Å². The van der Waals surface area contributed by atoms with Gasteiger partial charge in [-0.3, -0.25) is 0 Å². The summed E-state index contributed by atoms with van der Waals surface area (Å²) in [5.74, 6) is 0. The fraction of sp³-hybridized carbons (Fsp3) is 0.111. The molecule has 3 N–H and O–H groups in total. The van der Waals surface area contributed by atoms with E-state index < -0.39 is 0 Å². The van der Waals surface area contributed by atoms with Gasteiger partial charge >= 0.3 is 0 Å². The molecule has 0 fully saturated rings. The molecule has 0 unspecified atom stereocenters. The van der Waals surface area contributed by atoms with Crippen LogP contribution in [0.1, 0.15) is 5.56 Å². The van der Waals surface area contributed by atoms with E-state index in [9.17, 15) is 0 Å². The molecule has 0 aliphatic carbocycles. The molecule has 0 heterocycles. The van der Waals surface area contributed by atoms with Gasteiger partial charge in [-0.25, -0.2) is 0 Å². The summed E-state index contributed by atoms with van der Waals surface area (Å²) in [7, 11) is 1.76. The quantitative estimate of drug-likeness (QED) is 0.328. The highest BCUT2D eigenvalue weighted by molar-refractivity contribution is 7.80. The number of benzene rings is 1. The van der Waals surface area contributed by atoms with Crippen molar-refractivity contribution in [3.8, 4) is 0 Å². The number of thiocarbonyl (C=S) groups is 1. The molecule has 0 aromatic heterocycles. The van der Waals surface area contributed by atoms with Gasteiger partial charge in [0.15, 0.2) is 6.21 Å². The van der Waals surface area contributed by atoms with E-state index in [1.54, 1.807) is 7.05 Å². The Hall–Kier alpha value is -1.42. The third-order valence-electron chi connectivity index (χ3n) is 1.45. The lowest BCUT2D eigenvalue weighted by molar-refractivity contribution is -0.500. The highest BCUT2D eigenvalue weighted by Crippen LogP contribution is 1.90. The zero-order valence-electron chi connectivity index (χ0n) is 7.37. The minimum absolute atomic E-state index is 0.562. The Bertz CT molecular complexity index is 295. The zero-order chi connectivity index (χ0) is 9.52. The molecule has 13 heavy (non-hydrogen) atoms. The monoisotopic (exact) mass is 194 g/mol. The van der Waals surface area contributed by atoms with Crippen LogP contribution < -0.4 is 15.8 Å². The summed E-state index contributed by atoms with van der Waals surface area (Å²) in [4.78, 5) is 0. The molecule has 0 atom stereocenters. The SMILES string of the molecule is CNC(=S)N[NH+]=Cc1ccccc1. The summed E-state index contributed by atoms with van der Waals surface area (Å²) < 4.78 is 0. The van der Waals surface area contributed by atoms with E-state index in [1.165, 1.54) is 0 Å². The van der Waals surface area contributed by atoms with Crippen LogP contribution in [0.2, 0.25) is 0 Å². The molecule has 0 bridgehead atoms. The van der Waals surface area contributed by atoms with E-state index in [4.69, 9.17) is 12.2 Å². The fourth-order valence-corrected chi connectivity index (χ4v) is 0.856. The third kappa shape index (κ3) is 3.66. The van der Waals surface area contributed by atoms with Gasteiger partial charge in [0, 0.05) is 12.6 Å². The molecule has 4 heteroatoms. The normalized spacial score (nSPS) is 9.92. The van der Waals surface area contributed by atoms with Crippen molar-refractivity contribution in [1.29, 1.82) is 0 Å². The predicted molar refractivity (Wildman–Crippen MR) is 57.4 cm³/mol. The van der Waals surface area contributed by atoms with Gasteiger partial charge in [-0.15, -0.1) is 10.5 Å². The van der Waals surface area contributed by atoms with Gasteiger partial charge in [0.25, 0.3) is 0 Å². The molecule has 0 aliphatic heterocycles. The molecule has 0 saturated heterocycles. The van der Waals surface area contributed by atoms with Gasteiger partial charge in [0.05, 0.1) is 0 Å². The second kappa shape index (κ2) is 5.27. The smallest absolute Gasteiger partial charge is 0.223 e. The molecular formula is C9H12N3S+. The maximum Gasteiger partial charge on any atom is 0.223 e. The van der Waals surface area contributed by atoms with E-state index in [0.717, 1.165) is 5.56 Å². The van der Waals surface area contributed by atoms with Crippen LogP contribution in [-0.2, 0) is 0 Å². The molecule has 3 nitrogen and oxygen atoms in total.